The first-order valence-electron chi connectivity index (χ1n) is 10.8. The lowest BCUT2D eigenvalue weighted by Gasteiger charge is -2.11. The summed E-state index contributed by atoms with van der Waals surface area (Å²) in [6, 6.07) is 18.8. The average Bonchev–Trinajstić information content (AvgIpc) is 3.25. The minimum atomic E-state index is -0.587. The zero-order valence-electron chi connectivity index (χ0n) is 19.4. The first-order chi connectivity index (χ1) is 17.0. The number of para-hydroxylation sites is 1. The van der Waals surface area contributed by atoms with Crippen LogP contribution in [0.15, 0.2) is 77.4 Å². The maximum absolute atomic E-state index is 12.6. The Morgan fingerprint density at radius 2 is 1.69 bits per heavy atom. The van der Waals surface area contributed by atoms with E-state index < -0.39 is 11.9 Å². The van der Waals surface area contributed by atoms with Crippen molar-refractivity contribution in [3.05, 3.63) is 89.1 Å². The van der Waals surface area contributed by atoms with Gasteiger partial charge in [0.05, 0.1) is 20.8 Å². The van der Waals surface area contributed by atoms with Gasteiger partial charge in [-0.15, -0.1) is 0 Å². The summed E-state index contributed by atoms with van der Waals surface area (Å²) in [6.07, 6.45) is 1.57. The van der Waals surface area contributed by atoms with E-state index in [9.17, 15) is 9.59 Å². The number of cyclic esters (lactones) is 1. The SMILES string of the molecule is CCOc1ccc(C2=N/C(=C/c3ccc(OC(=O)c4ccccc4OC)c(OC)c3)C(=O)O2)cc1. The second-order valence-electron chi connectivity index (χ2n) is 7.29. The van der Waals surface area contributed by atoms with E-state index in [0.717, 1.165) is 5.75 Å². The molecule has 0 aliphatic carbocycles. The largest absolute Gasteiger partial charge is 0.496 e. The Labute approximate surface area is 202 Å². The lowest BCUT2D eigenvalue weighted by molar-refractivity contribution is -0.129. The third-order valence-electron chi connectivity index (χ3n) is 5.05. The topological polar surface area (TPSA) is 92.7 Å². The van der Waals surface area contributed by atoms with Crippen LogP contribution in [0.25, 0.3) is 6.08 Å². The predicted molar refractivity (Wildman–Crippen MR) is 129 cm³/mol. The molecule has 0 bridgehead atoms. The van der Waals surface area contributed by atoms with Crippen molar-refractivity contribution in [2.45, 2.75) is 6.92 Å². The van der Waals surface area contributed by atoms with Gasteiger partial charge in [0.15, 0.2) is 17.2 Å². The molecule has 0 saturated heterocycles. The minimum Gasteiger partial charge on any atom is -0.496 e. The molecule has 1 aliphatic rings. The number of hydrogen-bond acceptors (Lipinski definition) is 8. The first-order valence-corrected chi connectivity index (χ1v) is 10.8. The number of ether oxygens (including phenoxy) is 5. The van der Waals surface area contributed by atoms with E-state index in [2.05, 4.69) is 4.99 Å². The number of benzene rings is 3. The minimum absolute atomic E-state index is 0.134. The zero-order chi connectivity index (χ0) is 24.8. The maximum atomic E-state index is 12.6. The highest BCUT2D eigenvalue weighted by Gasteiger charge is 2.24. The highest BCUT2D eigenvalue weighted by atomic mass is 16.6. The number of rotatable bonds is 8. The van der Waals surface area contributed by atoms with Crippen LogP contribution in [0.2, 0.25) is 0 Å². The summed E-state index contributed by atoms with van der Waals surface area (Å²) in [5, 5.41) is 0. The highest BCUT2D eigenvalue weighted by Crippen LogP contribution is 2.31. The van der Waals surface area contributed by atoms with E-state index in [-0.39, 0.29) is 22.9 Å². The van der Waals surface area contributed by atoms with Crippen LogP contribution in [0.5, 0.6) is 23.0 Å². The van der Waals surface area contributed by atoms with Gasteiger partial charge in [0.2, 0.25) is 5.90 Å². The number of aliphatic imine (C=N–C) groups is 1. The molecule has 0 N–H and O–H groups in total. The fourth-order valence-corrected chi connectivity index (χ4v) is 3.38. The Kier molecular flexibility index (Phi) is 7.11. The smallest absolute Gasteiger partial charge is 0.363 e. The monoisotopic (exact) mass is 473 g/mol. The van der Waals surface area contributed by atoms with Crippen molar-refractivity contribution in [2.24, 2.45) is 4.99 Å². The maximum Gasteiger partial charge on any atom is 0.363 e. The summed E-state index contributed by atoms with van der Waals surface area (Å²) in [6.45, 7) is 2.46. The Balaban J connectivity index is 1.55. The van der Waals surface area contributed by atoms with Crippen molar-refractivity contribution in [3.8, 4) is 23.0 Å². The molecule has 0 fully saturated rings. The zero-order valence-corrected chi connectivity index (χ0v) is 19.4. The molecule has 8 heteroatoms. The van der Waals surface area contributed by atoms with E-state index >= 15 is 0 Å². The van der Waals surface area contributed by atoms with Gasteiger partial charge in [0.25, 0.3) is 0 Å². The first kappa shape index (κ1) is 23.6. The van der Waals surface area contributed by atoms with Gasteiger partial charge in [-0.25, -0.2) is 14.6 Å². The molecule has 1 heterocycles. The van der Waals surface area contributed by atoms with Gasteiger partial charge in [-0.3, -0.25) is 0 Å². The van der Waals surface area contributed by atoms with Crippen LogP contribution < -0.4 is 18.9 Å². The quantitative estimate of drug-likeness (QED) is 0.267. The summed E-state index contributed by atoms with van der Waals surface area (Å²) in [7, 11) is 2.94. The van der Waals surface area contributed by atoms with Crippen molar-refractivity contribution in [1.82, 2.24) is 0 Å². The van der Waals surface area contributed by atoms with Gasteiger partial charge in [-0.1, -0.05) is 18.2 Å². The second kappa shape index (κ2) is 10.6. The highest BCUT2D eigenvalue weighted by molar-refractivity contribution is 6.12. The molecule has 35 heavy (non-hydrogen) atoms. The molecule has 0 amide bonds. The van der Waals surface area contributed by atoms with Crippen LogP contribution in [0.4, 0.5) is 0 Å². The van der Waals surface area contributed by atoms with Crippen LogP contribution in [-0.4, -0.2) is 38.7 Å². The molecule has 0 atom stereocenters. The van der Waals surface area contributed by atoms with E-state index in [1.807, 2.05) is 6.92 Å². The molecule has 1 aliphatic heterocycles. The molecule has 0 spiro atoms. The molecule has 178 valence electrons. The van der Waals surface area contributed by atoms with Crippen molar-refractivity contribution in [1.29, 1.82) is 0 Å². The Morgan fingerprint density at radius 1 is 0.943 bits per heavy atom. The fraction of sp³-hybridized carbons (Fsp3) is 0.148. The summed E-state index contributed by atoms with van der Waals surface area (Å²) in [5.41, 5.74) is 1.69. The molecule has 0 aromatic heterocycles. The standard InChI is InChI=1S/C27H23NO7/c1-4-33-19-12-10-18(11-13-19)25-28-21(27(30)35-25)15-17-9-14-23(24(16-17)32-3)34-26(29)20-7-5-6-8-22(20)31-2/h5-16H,4H2,1-3H3/b21-15+. The number of carbonyl (C=O) groups excluding carboxylic acids is 2. The van der Waals surface area contributed by atoms with Crippen LogP contribution in [0.1, 0.15) is 28.4 Å². The lowest BCUT2D eigenvalue weighted by atomic mass is 10.1. The summed E-state index contributed by atoms with van der Waals surface area (Å²) >= 11 is 0. The van der Waals surface area contributed by atoms with Gasteiger partial charge in [0.1, 0.15) is 17.1 Å². The van der Waals surface area contributed by atoms with Crippen LogP contribution >= 0.6 is 0 Å². The molecular weight excluding hydrogens is 450 g/mol. The van der Waals surface area contributed by atoms with Gasteiger partial charge in [-0.05, 0) is 67.1 Å². The Morgan fingerprint density at radius 3 is 2.40 bits per heavy atom. The fourth-order valence-electron chi connectivity index (χ4n) is 3.38. The number of nitrogens with zero attached hydrogens (tertiary/aromatic N) is 1. The number of esters is 2. The van der Waals surface area contributed by atoms with Crippen molar-refractivity contribution < 1.29 is 33.3 Å². The third kappa shape index (κ3) is 5.33. The molecule has 4 rings (SSSR count). The van der Waals surface area contributed by atoms with Gasteiger partial charge >= 0.3 is 11.9 Å². The summed E-state index contributed by atoms with van der Waals surface area (Å²) in [5.74, 6) is 0.700. The number of hydrogen-bond donors (Lipinski definition) is 0. The van der Waals surface area contributed by atoms with Gasteiger partial charge < -0.3 is 23.7 Å². The Bertz CT molecular complexity index is 1310. The summed E-state index contributed by atoms with van der Waals surface area (Å²) < 4.78 is 26.9. The van der Waals surface area contributed by atoms with E-state index in [4.69, 9.17) is 23.7 Å². The third-order valence-corrected chi connectivity index (χ3v) is 5.05. The van der Waals surface area contributed by atoms with Crippen molar-refractivity contribution in [3.63, 3.8) is 0 Å². The van der Waals surface area contributed by atoms with E-state index in [1.54, 1.807) is 72.8 Å². The molecule has 8 nitrogen and oxygen atoms in total. The average molecular weight is 473 g/mol. The van der Waals surface area contributed by atoms with Crippen LogP contribution in [0.3, 0.4) is 0 Å². The second-order valence-corrected chi connectivity index (χ2v) is 7.29. The van der Waals surface area contributed by atoms with Crippen molar-refractivity contribution >= 4 is 23.9 Å². The molecule has 0 unspecified atom stereocenters. The molecular formula is C27H23NO7. The van der Waals surface area contributed by atoms with E-state index in [0.29, 0.717) is 29.2 Å². The molecule has 0 saturated carbocycles. The van der Waals surface area contributed by atoms with Gasteiger partial charge in [-0.2, -0.15) is 0 Å². The predicted octanol–water partition coefficient (Wildman–Crippen LogP) is 4.67. The van der Waals surface area contributed by atoms with E-state index in [1.165, 1.54) is 14.2 Å². The summed E-state index contributed by atoms with van der Waals surface area (Å²) in [4.78, 5) is 29.3. The van der Waals surface area contributed by atoms with Crippen molar-refractivity contribution in [2.75, 3.05) is 20.8 Å². The molecule has 0 radical (unpaired) electrons. The Hall–Kier alpha value is -4.59. The van der Waals surface area contributed by atoms with Crippen LogP contribution in [0, 0.1) is 0 Å². The van der Waals surface area contributed by atoms with Crippen LogP contribution in [-0.2, 0) is 9.53 Å². The lowest BCUT2D eigenvalue weighted by Crippen LogP contribution is -2.10. The number of methoxy groups -OCH3 is 2. The molecule has 3 aromatic rings. The van der Waals surface area contributed by atoms with Gasteiger partial charge in [0, 0.05) is 5.56 Å². The molecule has 3 aromatic carbocycles. The number of carbonyl (C=O) groups is 2. The normalized spacial score (nSPS) is 13.7.